The molecule has 0 bridgehead atoms. The summed E-state index contributed by atoms with van der Waals surface area (Å²) in [5, 5.41) is 0. The summed E-state index contributed by atoms with van der Waals surface area (Å²) in [4.78, 5) is 20.2. The number of aldehydes is 1. The molecule has 0 saturated carbocycles. The lowest BCUT2D eigenvalue weighted by atomic mass is 10.1. The van der Waals surface area contributed by atoms with E-state index in [9.17, 15) is 9.59 Å². The van der Waals surface area contributed by atoms with Crippen LogP contribution in [0.2, 0.25) is 0 Å². The van der Waals surface area contributed by atoms with Crippen molar-refractivity contribution in [2.24, 2.45) is 5.73 Å². The van der Waals surface area contributed by atoms with Gasteiger partial charge in [-0.3, -0.25) is 0 Å². The van der Waals surface area contributed by atoms with Gasteiger partial charge in [-0.1, -0.05) is 0 Å². The van der Waals surface area contributed by atoms with Gasteiger partial charge in [-0.25, -0.2) is 0 Å². The highest BCUT2D eigenvalue weighted by molar-refractivity contribution is 5.76. The molecule has 1 unspecified atom stereocenters. The Kier molecular flexibility index (Phi) is 3.88. The minimum absolute atomic E-state index is 0.0762. The number of hydrogen-bond acceptors (Lipinski definition) is 3. The third-order valence-corrected chi connectivity index (χ3v) is 1.00. The molecule has 0 rings (SSSR count). The average Bonchev–Trinajstić information content (AvgIpc) is 1.83. The van der Waals surface area contributed by atoms with Crippen LogP contribution in [0.15, 0.2) is 0 Å². The van der Waals surface area contributed by atoms with Gasteiger partial charge in [0.1, 0.15) is 12.1 Å². The van der Waals surface area contributed by atoms with Crippen molar-refractivity contribution in [2.45, 2.75) is 25.8 Å². The summed E-state index contributed by atoms with van der Waals surface area (Å²) in [6.07, 6.45) is 1.53. The van der Waals surface area contributed by atoms with Gasteiger partial charge in [0.2, 0.25) is 0 Å². The molecule has 0 aliphatic rings. The SMILES string of the molecule is CC(=O)CCC(N)C=O. The van der Waals surface area contributed by atoms with Gasteiger partial charge in [0.05, 0.1) is 6.04 Å². The first-order chi connectivity index (χ1) is 4.16. The van der Waals surface area contributed by atoms with Gasteiger partial charge < -0.3 is 15.3 Å². The van der Waals surface area contributed by atoms with E-state index in [0.29, 0.717) is 19.1 Å². The van der Waals surface area contributed by atoms with Gasteiger partial charge in [0, 0.05) is 6.42 Å². The number of carbonyl (C=O) groups is 2. The molecule has 0 aromatic carbocycles. The quantitative estimate of drug-likeness (QED) is 0.538. The molecular weight excluding hydrogens is 118 g/mol. The molecule has 3 nitrogen and oxygen atoms in total. The minimum atomic E-state index is -0.464. The van der Waals surface area contributed by atoms with Crippen LogP contribution in [0.5, 0.6) is 0 Å². The molecule has 0 aromatic heterocycles. The molecule has 0 amide bonds. The van der Waals surface area contributed by atoms with Crippen molar-refractivity contribution in [2.75, 3.05) is 0 Å². The molecule has 9 heavy (non-hydrogen) atoms. The molecule has 0 spiro atoms. The standard InChI is InChI=1S/C6H11NO2/c1-5(9)2-3-6(7)4-8/h4,6H,2-3,7H2,1H3. The monoisotopic (exact) mass is 129 g/mol. The fourth-order valence-corrected chi connectivity index (χ4v) is 0.438. The van der Waals surface area contributed by atoms with E-state index in [1.807, 2.05) is 0 Å². The third kappa shape index (κ3) is 5.17. The lowest BCUT2D eigenvalue weighted by Gasteiger charge is -1.98. The molecule has 0 fully saturated rings. The van der Waals surface area contributed by atoms with Crippen LogP contribution in [-0.2, 0) is 9.59 Å². The first-order valence-electron chi connectivity index (χ1n) is 2.87. The highest BCUT2D eigenvalue weighted by Gasteiger charge is 2.00. The van der Waals surface area contributed by atoms with E-state index < -0.39 is 6.04 Å². The maximum Gasteiger partial charge on any atom is 0.136 e. The van der Waals surface area contributed by atoms with Crippen molar-refractivity contribution < 1.29 is 9.59 Å². The molecule has 1 atom stereocenters. The predicted octanol–water partition coefficient (Wildman–Crippen LogP) is -0.118. The van der Waals surface area contributed by atoms with Crippen LogP contribution in [0.25, 0.3) is 0 Å². The molecule has 0 radical (unpaired) electrons. The highest BCUT2D eigenvalue weighted by atomic mass is 16.1. The lowest BCUT2D eigenvalue weighted by molar-refractivity contribution is -0.117. The molecule has 0 aromatic rings. The van der Waals surface area contributed by atoms with Gasteiger partial charge in [0.15, 0.2) is 0 Å². The molecule has 0 heterocycles. The summed E-state index contributed by atoms with van der Waals surface area (Å²) in [7, 11) is 0. The number of hydrogen-bond donors (Lipinski definition) is 1. The third-order valence-electron chi connectivity index (χ3n) is 1.00. The van der Waals surface area contributed by atoms with Crippen molar-refractivity contribution >= 4 is 12.1 Å². The second-order valence-corrected chi connectivity index (χ2v) is 2.04. The van der Waals surface area contributed by atoms with Crippen LogP contribution in [0.3, 0.4) is 0 Å². The molecule has 2 N–H and O–H groups in total. The molecule has 0 saturated heterocycles. The van der Waals surface area contributed by atoms with Crippen molar-refractivity contribution in [3.63, 3.8) is 0 Å². The zero-order valence-corrected chi connectivity index (χ0v) is 5.46. The van der Waals surface area contributed by atoms with Crippen molar-refractivity contribution in [3.8, 4) is 0 Å². The number of Topliss-reactive ketones (excluding diaryl/α,β-unsaturated/α-hetero) is 1. The normalized spacial score (nSPS) is 12.7. The molecule has 0 aliphatic carbocycles. The van der Waals surface area contributed by atoms with Crippen LogP contribution in [-0.4, -0.2) is 18.1 Å². The molecule has 52 valence electrons. The van der Waals surface area contributed by atoms with Gasteiger partial charge in [-0.05, 0) is 13.3 Å². The fourth-order valence-electron chi connectivity index (χ4n) is 0.438. The van der Waals surface area contributed by atoms with E-state index in [0.717, 1.165) is 0 Å². The van der Waals surface area contributed by atoms with Gasteiger partial charge in [-0.2, -0.15) is 0 Å². The molecular formula is C6H11NO2. The first-order valence-corrected chi connectivity index (χ1v) is 2.87. The number of nitrogens with two attached hydrogens (primary N) is 1. The maximum absolute atomic E-state index is 10.3. The Morgan fingerprint density at radius 3 is 2.67 bits per heavy atom. The van der Waals surface area contributed by atoms with Gasteiger partial charge >= 0.3 is 0 Å². The average molecular weight is 129 g/mol. The van der Waals surface area contributed by atoms with Crippen molar-refractivity contribution in [1.29, 1.82) is 0 Å². The maximum atomic E-state index is 10.3. The highest BCUT2D eigenvalue weighted by Crippen LogP contribution is 1.91. The van der Waals surface area contributed by atoms with Gasteiger partial charge in [0.25, 0.3) is 0 Å². The van der Waals surface area contributed by atoms with E-state index in [2.05, 4.69) is 0 Å². The van der Waals surface area contributed by atoms with E-state index >= 15 is 0 Å². The van der Waals surface area contributed by atoms with Gasteiger partial charge in [-0.15, -0.1) is 0 Å². The minimum Gasteiger partial charge on any atom is -0.322 e. The zero-order valence-electron chi connectivity index (χ0n) is 5.46. The Morgan fingerprint density at radius 2 is 2.33 bits per heavy atom. The van der Waals surface area contributed by atoms with Crippen molar-refractivity contribution in [1.82, 2.24) is 0 Å². The first kappa shape index (κ1) is 8.30. The number of rotatable bonds is 4. The van der Waals surface area contributed by atoms with Crippen molar-refractivity contribution in [3.05, 3.63) is 0 Å². The Morgan fingerprint density at radius 1 is 1.78 bits per heavy atom. The van der Waals surface area contributed by atoms with Crippen LogP contribution in [0.4, 0.5) is 0 Å². The van der Waals surface area contributed by atoms with Crippen LogP contribution in [0, 0.1) is 0 Å². The Labute approximate surface area is 54.2 Å². The Bertz CT molecular complexity index is 112. The predicted molar refractivity (Wildman–Crippen MR) is 34.0 cm³/mol. The number of carbonyl (C=O) groups excluding carboxylic acids is 2. The molecule has 3 heteroatoms. The second kappa shape index (κ2) is 4.21. The fraction of sp³-hybridized carbons (Fsp3) is 0.667. The smallest absolute Gasteiger partial charge is 0.136 e. The van der Waals surface area contributed by atoms with E-state index in [4.69, 9.17) is 5.73 Å². The summed E-state index contributed by atoms with van der Waals surface area (Å²) < 4.78 is 0. The van der Waals surface area contributed by atoms with Crippen LogP contribution >= 0.6 is 0 Å². The Balaban J connectivity index is 3.26. The summed E-state index contributed by atoms with van der Waals surface area (Å²) in [6, 6.07) is -0.464. The summed E-state index contributed by atoms with van der Waals surface area (Å²) >= 11 is 0. The number of ketones is 1. The largest absolute Gasteiger partial charge is 0.322 e. The summed E-state index contributed by atoms with van der Waals surface area (Å²) in [6.45, 7) is 1.48. The molecule has 0 aliphatic heterocycles. The van der Waals surface area contributed by atoms with Crippen LogP contribution in [0.1, 0.15) is 19.8 Å². The van der Waals surface area contributed by atoms with E-state index in [-0.39, 0.29) is 5.78 Å². The topological polar surface area (TPSA) is 60.2 Å². The van der Waals surface area contributed by atoms with E-state index in [1.165, 1.54) is 6.92 Å². The second-order valence-electron chi connectivity index (χ2n) is 2.04. The van der Waals surface area contributed by atoms with E-state index in [1.54, 1.807) is 0 Å². The summed E-state index contributed by atoms with van der Waals surface area (Å²) in [5.74, 6) is 0.0762. The van der Waals surface area contributed by atoms with Crippen LogP contribution < -0.4 is 5.73 Å². The summed E-state index contributed by atoms with van der Waals surface area (Å²) in [5.41, 5.74) is 5.20. The Hall–Kier alpha value is -0.700. The zero-order chi connectivity index (χ0) is 7.28. The lowest BCUT2D eigenvalue weighted by Crippen LogP contribution is -2.21.